The lowest BCUT2D eigenvalue weighted by molar-refractivity contribution is -0.137. The van der Waals surface area contributed by atoms with Crippen LogP contribution in [0.15, 0.2) is 30.6 Å². The molecule has 1 aromatic carbocycles. The zero-order valence-electron chi connectivity index (χ0n) is 13.5. The summed E-state index contributed by atoms with van der Waals surface area (Å²) < 4.78 is 60.1. The predicted molar refractivity (Wildman–Crippen MR) is 87.3 cm³/mol. The highest BCUT2D eigenvalue weighted by Crippen LogP contribution is 2.38. The summed E-state index contributed by atoms with van der Waals surface area (Å²) in [5.41, 5.74) is -0.496. The van der Waals surface area contributed by atoms with Crippen LogP contribution in [0.1, 0.15) is 5.56 Å². The Labute approximate surface area is 145 Å². The van der Waals surface area contributed by atoms with Crippen LogP contribution in [-0.4, -0.2) is 41.5 Å². The summed E-state index contributed by atoms with van der Waals surface area (Å²) in [5.74, 6) is -0.545. The molecule has 0 atom stereocenters. The summed E-state index contributed by atoms with van der Waals surface area (Å²) in [6, 6.07) is 3.29. The first-order valence-electron chi connectivity index (χ1n) is 7.97. The van der Waals surface area contributed by atoms with Crippen molar-refractivity contribution in [1.29, 1.82) is 0 Å². The fourth-order valence-electron chi connectivity index (χ4n) is 3.07. The van der Waals surface area contributed by atoms with Gasteiger partial charge in [-0.05, 0) is 23.8 Å². The summed E-state index contributed by atoms with van der Waals surface area (Å²) in [5, 5.41) is 6.73. The van der Waals surface area contributed by atoms with E-state index in [9.17, 15) is 13.2 Å². The summed E-state index contributed by atoms with van der Waals surface area (Å²) in [6.45, 7) is 1.83. The molecule has 2 aromatic heterocycles. The van der Waals surface area contributed by atoms with Crippen molar-refractivity contribution in [3.63, 3.8) is 0 Å². The predicted octanol–water partition coefficient (Wildman–Crippen LogP) is 3.62. The van der Waals surface area contributed by atoms with Crippen molar-refractivity contribution in [3.8, 4) is 11.1 Å². The molecule has 5 nitrogen and oxygen atoms in total. The molecule has 0 saturated carbocycles. The number of pyridine rings is 1. The van der Waals surface area contributed by atoms with Gasteiger partial charge in [-0.25, -0.2) is 9.37 Å². The maximum Gasteiger partial charge on any atom is 0.416 e. The van der Waals surface area contributed by atoms with Crippen molar-refractivity contribution in [1.82, 2.24) is 15.2 Å². The number of ether oxygens (including phenoxy) is 1. The van der Waals surface area contributed by atoms with Gasteiger partial charge in [-0.3, -0.25) is 5.10 Å². The monoisotopic (exact) mass is 366 g/mol. The fraction of sp³-hybridized carbons (Fsp3) is 0.294. The fourth-order valence-corrected chi connectivity index (χ4v) is 3.07. The number of alkyl halides is 3. The van der Waals surface area contributed by atoms with E-state index in [1.54, 1.807) is 4.90 Å². The molecule has 9 heteroatoms. The highest BCUT2D eigenvalue weighted by atomic mass is 19.4. The normalized spacial score (nSPS) is 15.6. The molecule has 1 fully saturated rings. The van der Waals surface area contributed by atoms with E-state index in [4.69, 9.17) is 4.74 Å². The van der Waals surface area contributed by atoms with Crippen LogP contribution in [0.5, 0.6) is 0 Å². The van der Waals surface area contributed by atoms with Gasteiger partial charge >= 0.3 is 6.18 Å². The smallest absolute Gasteiger partial charge is 0.378 e. The second-order valence-corrected chi connectivity index (χ2v) is 5.95. The molecular formula is C17H14F4N4O. The average Bonchev–Trinajstić information content (AvgIpc) is 3.10. The Balaban J connectivity index is 1.89. The Morgan fingerprint density at radius 1 is 1.12 bits per heavy atom. The van der Waals surface area contributed by atoms with Crippen LogP contribution in [0.3, 0.4) is 0 Å². The number of fused-ring (bicyclic) bond motifs is 1. The third kappa shape index (κ3) is 2.88. The molecule has 0 radical (unpaired) electrons. The summed E-state index contributed by atoms with van der Waals surface area (Å²) >= 11 is 0. The first-order valence-corrected chi connectivity index (χ1v) is 7.97. The van der Waals surface area contributed by atoms with Crippen LogP contribution >= 0.6 is 0 Å². The van der Waals surface area contributed by atoms with Gasteiger partial charge in [-0.1, -0.05) is 0 Å². The van der Waals surface area contributed by atoms with Crippen LogP contribution < -0.4 is 4.90 Å². The van der Waals surface area contributed by atoms with Crippen molar-refractivity contribution in [3.05, 3.63) is 42.0 Å². The topological polar surface area (TPSA) is 54.0 Å². The first kappa shape index (κ1) is 16.8. The van der Waals surface area contributed by atoms with Gasteiger partial charge in [0.2, 0.25) is 0 Å². The number of hydrogen-bond acceptors (Lipinski definition) is 4. The molecule has 0 amide bonds. The Morgan fingerprint density at radius 2 is 1.88 bits per heavy atom. The largest absolute Gasteiger partial charge is 0.416 e. The van der Waals surface area contributed by atoms with Gasteiger partial charge in [0, 0.05) is 30.2 Å². The number of aromatic nitrogens is 3. The quantitative estimate of drug-likeness (QED) is 0.704. The first-order chi connectivity index (χ1) is 12.4. The molecule has 0 bridgehead atoms. The zero-order chi connectivity index (χ0) is 18.3. The molecule has 0 aliphatic carbocycles. The lowest BCUT2D eigenvalue weighted by atomic mass is 9.99. The number of rotatable bonds is 2. The van der Waals surface area contributed by atoms with E-state index in [2.05, 4.69) is 15.2 Å². The van der Waals surface area contributed by atoms with Gasteiger partial charge in [0.1, 0.15) is 0 Å². The van der Waals surface area contributed by atoms with Crippen molar-refractivity contribution in [2.24, 2.45) is 0 Å². The zero-order valence-corrected chi connectivity index (χ0v) is 13.5. The minimum absolute atomic E-state index is 0.0546. The van der Waals surface area contributed by atoms with Crippen molar-refractivity contribution in [2.45, 2.75) is 6.18 Å². The Bertz CT molecular complexity index is 948. The molecule has 3 aromatic rings. The highest BCUT2D eigenvalue weighted by Gasteiger charge is 2.32. The number of anilines is 1. The van der Waals surface area contributed by atoms with Gasteiger partial charge in [-0.2, -0.15) is 18.3 Å². The number of morpholine rings is 1. The van der Waals surface area contributed by atoms with E-state index in [-0.39, 0.29) is 22.5 Å². The molecule has 136 valence electrons. The number of benzene rings is 1. The Hall–Kier alpha value is -2.68. The molecule has 26 heavy (non-hydrogen) atoms. The SMILES string of the molecule is Fc1c(-c2cc(C(F)(F)F)cc3[nH]ncc23)ccnc1N1CCOCC1. The lowest BCUT2D eigenvalue weighted by Crippen LogP contribution is -2.37. The molecule has 3 heterocycles. The van der Waals surface area contributed by atoms with Gasteiger partial charge in [0.15, 0.2) is 11.6 Å². The number of nitrogens with zero attached hydrogens (tertiary/aromatic N) is 3. The van der Waals surface area contributed by atoms with E-state index in [1.165, 1.54) is 18.5 Å². The molecule has 1 aliphatic rings. The van der Waals surface area contributed by atoms with Gasteiger partial charge in [0.25, 0.3) is 0 Å². The molecule has 0 unspecified atom stereocenters. The maximum atomic E-state index is 15.1. The second kappa shape index (κ2) is 6.24. The molecule has 1 saturated heterocycles. The third-order valence-corrected chi connectivity index (χ3v) is 4.36. The maximum absolute atomic E-state index is 15.1. The van der Waals surface area contributed by atoms with Crippen LogP contribution in [0.4, 0.5) is 23.4 Å². The van der Waals surface area contributed by atoms with Crippen LogP contribution in [0.25, 0.3) is 22.0 Å². The van der Waals surface area contributed by atoms with E-state index >= 15 is 4.39 Å². The van der Waals surface area contributed by atoms with E-state index in [1.807, 2.05) is 0 Å². The van der Waals surface area contributed by atoms with Crippen molar-refractivity contribution in [2.75, 3.05) is 31.2 Å². The number of H-pyrrole nitrogens is 1. The van der Waals surface area contributed by atoms with E-state index < -0.39 is 17.6 Å². The molecule has 0 spiro atoms. The summed E-state index contributed by atoms with van der Waals surface area (Å²) in [6.07, 6.45) is -1.76. The van der Waals surface area contributed by atoms with Gasteiger partial charge < -0.3 is 9.64 Å². The summed E-state index contributed by atoms with van der Waals surface area (Å²) in [7, 11) is 0. The van der Waals surface area contributed by atoms with Crippen LogP contribution in [0, 0.1) is 5.82 Å². The average molecular weight is 366 g/mol. The van der Waals surface area contributed by atoms with Crippen LogP contribution in [0.2, 0.25) is 0 Å². The van der Waals surface area contributed by atoms with Crippen molar-refractivity contribution < 1.29 is 22.3 Å². The number of aromatic amines is 1. The van der Waals surface area contributed by atoms with Crippen molar-refractivity contribution >= 4 is 16.7 Å². The van der Waals surface area contributed by atoms with Crippen LogP contribution in [-0.2, 0) is 10.9 Å². The standard InChI is InChI=1S/C17H14F4N4O/c18-15-11(1-2-22-16(15)25-3-5-26-6-4-25)12-7-10(17(19,20)21)8-14-13(12)9-23-24-14/h1-2,7-9H,3-6H2,(H,23,24). The van der Waals surface area contributed by atoms with Gasteiger partial charge in [0.05, 0.1) is 30.5 Å². The Morgan fingerprint density at radius 3 is 2.62 bits per heavy atom. The summed E-state index contributed by atoms with van der Waals surface area (Å²) in [4.78, 5) is 5.80. The highest BCUT2D eigenvalue weighted by molar-refractivity contribution is 5.95. The molecule has 1 N–H and O–H groups in total. The minimum atomic E-state index is -4.55. The van der Waals surface area contributed by atoms with E-state index in [0.29, 0.717) is 31.7 Å². The second-order valence-electron chi connectivity index (χ2n) is 5.95. The molecule has 4 rings (SSSR count). The minimum Gasteiger partial charge on any atom is -0.378 e. The Kier molecular flexibility index (Phi) is 4.03. The molecular weight excluding hydrogens is 352 g/mol. The lowest BCUT2D eigenvalue weighted by Gasteiger charge is -2.28. The number of hydrogen-bond donors (Lipinski definition) is 1. The number of halogens is 4. The molecule has 1 aliphatic heterocycles. The number of nitrogens with one attached hydrogen (secondary N) is 1. The van der Waals surface area contributed by atoms with Gasteiger partial charge in [-0.15, -0.1) is 0 Å². The van der Waals surface area contributed by atoms with E-state index in [0.717, 1.165) is 12.1 Å². The third-order valence-electron chi connectivity index (χ3n) is 4.36.